The number of aromatic nitrogens is 2. The fourth-order valence-electron chi connectivity index (χ4n) is 3.29. The normalized spacial score (nSPS) is 20.7. The molecule has 3 aliphatic rings. The van der Waals surface area contributed by atoms with E-state index in [4.69, 9.17) is 8.83 Å². The van der Waals surface area contributed by atoms with Crippen LogP contribution in [0.2, 0.25) is 0 Å². The molecule has 1 saturated heterocycles. The van der Waals surface area contributed by atoms with Crippen LogP contribution in [0, 0.1) is 0 Å². The highest BCUT2D eigenvalue weighted by Crippen LogP contribution is 2.38. The lowest BCUT2D eigenvalue weighted by Crippen LogP contribution is -2.39. The summed E-state index contributed by atoms with van der Waals surface area (Å²) in [5.41, 5.74) is 3.41. The van der Waals surface area contributed by atoms with Gasteiger partial charge < -0.3 is 14.2 Å². The number of nitrogens with zero attached hydrogens (tertiary/aromatic N) is 2. The summed E-state index contributed by atoms with van der Waals surface area (Å²) in [5, 5.41) is 11.6. The van der Waals surface area contributed by atoms with Crippen molar-refractivity contribution in [3.8, 4) is 11.1 Å². The van der Waals surface area contributed by atoms with Gasteiger partial charge in [-0.25, -0.2) is 0 Å². The molecule has 0 amide bonds. The Kier molecular flexibility index (Phi) is 3.20. The Balaban J connectivity index is 1.80. The van der Waals surface area contributed by atoms with Gasteiger partial charge in [-0.2, -0.15) is 0 Å². The molecule has 0 spiro atoms. The highest BCUT2D eigenvalue weighted by atomic mass is 16.4. The second kappa shape index (κ2) is 5.33. The van der Waals surface area contributed by atoms with Gasteiger partial charge >= 0.3 is 0 Å². The minimum absolute atomic E-state index is 0.0302. The molecule has 0 radical (unpaired) electrons. The first-order chi connectivity index (χ1) is 10.4. The summed E-state index contributed by atoms with van der Waals surface area (Å²) in [6.07, 6.45) is 8.53. The number of hydrogen-bond acceptors (Lipinski definition) is 5. The van der Waals surface area contributed by atoms with Gasteiger partial charge in [-0.15, -0.1) is 10.2 Å². The third kappa shape index (κ3) is 2.23. The average molecular weight is 283 g/mol. The van der Waals surface area contributed by atoms with Gasteiger partial charge in [0.1, 0.15) is 0 Å². The van der Waals surface area contributed by atoms with Crippen molar-refractivity contribution in [1.82, 2.24) is 15.5 Å². The van der Waals surface area contributed by atoms with Gasteiger partial charge in [0.2, 0.25) is 12.3 Å². The minimum Gasteiger partial charge on any atom is -0.472 e. The standard InChI is InChI=1S/C16H17N3O2/c1-2-7-17-14(6-1)15(16-19-18-10-21-16)13-9-20-8-11-4-3-5-12(11)13/h3-5,8-10,14-15,17H,1-2,6-7H2. The molecule has 5 heteroatoms. The molecule has 3 heterocycles. The summed E-state index contributed by atoms with van der Waals surface area (Å²) in [6.45, 7) is 1.03. The van der Waals surface area contributed by atoms with Crippen LogP contribution in [0.3, 0.4) is 0 Å². The molecule has 1 aromatic rings. The van der Waals surface area contributed by atoms with Crippen LogP contribution in [-0.4, -0.2) is 22.8 Å². The number of piperidine rings is 1. The Morgan fingerprint density at radius 1 is 1.24 bits per heavy atom. The van der Waals surface area contributed by atoms with Gasteiger partial charge in [-0.1, -0.05) is 24.6 Å². The van der Waals surface area contributed by atoms with Gasteiger partial charge in [-0.3, -0.25) is 0 Å². The summed E-state index contributed by atoms with van der Waals surface area (Å²) in [6, 6.07) is 6.52. The zero-order chi connectivity index (χ0) is 14.1. The molecular formula is C16H17N3O2. The van der Waals surface area contributed by atoms with E-state index in [0.717, 1.165) is 24.1 Å². The molecule has 1 fully saturated rings. The maximum atomic E-state index is 5.53. The quantitative estimate of drug-likeness (QED) is 0.800. The van der Waals surface area contributed by atoms with Crippen LogP contribution in [0.25, 0.3) is 11.1 Å². The van der Waals surface area contributed by atoms with Gasteiger partial charge in [0.05, 0.1) is 18.4 Å². The van der Waals surface area contributed by atoms with E-state index in [2.05, 4.69) is 27.6 Å². The molecule has 2 atom stereocenters. The van der Waals surface area contributed by atoms with E-state index < -0.39 is 0 Å². The van der Waals surface area contributed by atoms with Crippen LogP contribution < -0.4 is 5.32 Å². The maximum absolute atomic E-state index is 5.53. The van der Waals surface area contributed by atoms with Crippen molar-refractivity contribution in [3.05, 3.63) is 48.6 Å². The predicted molar refractivity (Wildman–Crippen MR) is 77.1 cm³/mol. The largest absolute Gasteiger partial charge is 0.472 e. The highest BCUT2D eigenvalue weighted by molar-refractivity contribution is 5.69. The first-order valence-electron chi connectivity index (χ1n) is 7.38. The molecule has 1 N–H and O–H groups in total. The van der Waals surface area contributed by atoms with E-state index in [9.17, 15) is 0 Å². The molecule has 0 saturated carbocycles. The van der Waals surface area contributed by atoms with Crippen LogP contribution in [0.1, 0.15) is 36.6 Å². The molecule has 0 aromatic carbocycles. The van der Waals surface area contributed by atoms with Crippen LogP contribution >= 0.6 is 0 Å². The maximum Gasteiger partial charge on any atom is 0.225 e. The first kappa shape index (κ1) is 12.6. The third-order valence-electron chi connectivity index (χ3n) is 4.28. The van der Waals surface area contributed by atoms with Crippen molar-refractivity contribution >= 4 is 0 Å². The lowest BCUT2D eigenvalue weighted by molar-refractivity contribution is 0.332. The van der Waals surface area contributed by atoms with Crippen molar-refractivity contribution in [2.24, 2.45) is 0 Å². The van der Waals surface area contributed by atoms with Crippen molar-refractivity contribution in [2.45, 2.75) is 31.2 Å². The predicted octanol–water partition coefficient (Wildman–Crippen LogP) is 3.04. The van der Waals surface area contributed by atoms with E-state index in [1.165, 1.54) is 24.8 Å². The van der Waals surface area contributed by atoms with Crippen molar-refractivity contribution in [2.75, 3.05) is 6.54 Å². The second-order valence-corrected chi connectivity index (χ2v) is 5.53. The van der Waals surface area contributed by atoms with Crippen LogP contribution in [-0.2, 0) is 0 Å². The van der Waals surface area contributed by atoms with Crippen LogP contribution in [0.5, 0.6) is 0 Å². The molecule has 108 valence electrons. The minimum atomic E-state index is 0.0302. The average Bonchev–Trinajstić information content (AvgIpc) is 3.20. The molecule has 5 nitrogen and oxygen atoms in total. The Morgan fingerprint density at radius 3 is 3.05 bits per heavy atom. The van der Waals surface area contributed by atoms with Crippen molar-refractivity contribution < 1.29 is 8.83 Å². The highest BCUT2D eigenvalue weighted by Gasteiger charge is 2.32. The van der Waals surface area contributed by atoms with Gasteiger partial charge in [0.25, 0.3) is 0 Å². The summed E-state index contributed by atoms with van der Waals surface area (Å²) in [5.74, 6) is 0.681. The van der Waals surface area contributed by atoms with E-state index >= 15 is 0 Å². The lowest BCUT2D eigenvalue weighted by Gasteiger charge is -2.30. The third-order valence-corrected chi connectivity index (χ3v) is 4.28. The lowest BCUT2D eigenvalue weighted by atomic mass is 9.84. The van der Waals surface area contributed by atoms with Crippen LogP contribution in [0.15, 0.2) is 46.0 Å². The number of nitrogens with one attached hydrogen (secondary N) is 1. The van der Waals surface area contributed by atoms with Crippen LogP contribution in [0.4, 0.5) is 0 Å². The fourth-order valence-corrected chi connectivity index (χ4v) is 3.29. The van der Waals surface area contributed by atoms with E-state index in [1.54, 1.807) is 6.26 Å². The number of hydrogen-bond donors (Lipinski definition) is 1. The second-order valence-electron chi connectivity index (χ2n) is 5.53. The van der Waals surface area contributed by atoms with Crippen molar-refractivity contribution in [1.29, 1.82) is 0 Å². The molecule has 21 heavy (non-hydrogen) atoms. The van der Waals surface area contributed by atoms with Gasteiger partial charge in [0, 0.05) is 17.2 Å². The molecular weight excluding hydrogens is 266 g/mol. The topological polar surface area (TPSA) is 64.1 Å². The Labute approximate surface area is 122 Å². The Hall–Kier alpha value is -2.14. The molecule has 1 aliphatic carbocycles. The van der Waals surface area contributed by atoms with E-state index in [-0.39, 0.29) is 5.92 Å². The summed E-state index contributed by atoms with van der Waals surface area (Å²) >= 11 is 0. The van der Waals surface area contributed by atoms with Gasteiger partial charge in [0.15, 0.2) is 0 Å². The molecule has 4 rings (SSSR count). The molecule has 0 bridgehead atoms. The zero-order valence-corrected chi connectivity index (χ0v) is 11.7. The summed E-state index contributed by atoms with van der Waals surface area (Å²) < 4.78 is 11.1. The molecule has 2 unspecified atom stereocenters. The van der Waals surface area contributed by atoms with Gasteiger partial charge in [-0.05, 0) is 24.9 Å². The Morgan fingerprint density at radius 2 is 2.24 bits per heavy atom. The Bertz CT molecular complexity index is 671. The number of rotatable bonds is 3. The number of fused-ring (bicyclic) bond motifs is 1. The molecule has 2 aliphatic heterocycles. The first-order valence-corrected chi connectivity index (χ1v) is 7.38. The van der Waals surface area contributed by atoms with E-state index in [1.807, 2.05) is 12.3 Å². The monoisotopic (exact) mass is 283 g/mol. The molecule has 1 aromatic heterocycles. The van der Waals surface area contributed by atoms with E-state index in [0.29, 0.717) is 11.9 Å². The SMILES string of the molecule is c1cc2cocc(C(c3nnco3)C3CCCCN3)c-2c1. The fraction of sp³-hybridized carbons (Fsp3) is 0.375. The summed E-state index contributed by atoms with van der Waals surface area (Å²) in [4.78, 5) is 0. The smallest absolute Gasteiger partial charge is 0.225 e. The van der Waals surface area contributed by atoms with Crippen molar-refractivity contribution in [3.63, 3.8) is 0 Å². The summed E-state index contributed by atoms with van der Waals surface area (Å²) in [7, 11) is 0. The zero-order valence-electron chi connectivity index (χ0n) is 11.7.